The fraction of sp³-hybridized carbons (Fsp3) is 0.349. The Bertz CT molecular complexity index is 2160. The van der Waals surface area contributed by atoms with E-state index in [4.69, 9.17) is 5.11 Å². The fourth-order valence-corrected chi connectivity index (χ4v) is 9.34. The molecule has 4 aromatic carbocycles. The van der Waals surface area contributed by atoms with Crippen molar-refractivity contribution in [3.63, 3.8) is 0 Å². The average Bonchev–Trinajstić information content (AvgIpc) is 3.21. The predicted molar refractivity (Wildman–Crippen MR) is 215 cm³/mol. The van der Waals surface area contributed by atoms with Crippen LogP contribution in [0.2, 0.25) is 0 Å². The summed E-state index contributed by atoms with van der Waals surface area (Å²) in [6.07, 6.45) is 6.36. The number of hydrogen-bond acceptors (Lipinski definition) is 7. The minimum absolute atomic E-state index is 0.0367. The van der Waals surface area contributed by atoms with Gasteiger partial charge in [0.05, 0.1) is 27.6 Å². The van der Waals surface area contributed by atoms with Crippen LogP contribution in [0.15, 0.2) is 95.9 Å². The van der Waals surface area contributed by atoms with Crippen molar-refractivity contribution in [1.29, 1.82) is 0 Å². The topological polar surface area (TPSA) is 173 Å². The zero-order valence-electron chi connectivity index (χ0n) is 31.4. The molecule has 2 amide bonds. The third-order valence-electron chi connectivity index (χ3n) is 10.8. The van der Waals surface area contributed by atoms with Crippen LogP contribution in [0, 0.1) is 5.92 Å². The van der Waals surface area contributed by atoms with E-state index in [1.807, 2.05) is 42.5 Å². The molecule has 4 N–H and O–H groups in total. The van der Waals surface area contributed by atoms with Crippen LogP contribution in [0.3, 0.4) is 0 Å². The molecule has 6 rings (SSSR count). The first-order valence-corrected chi connectivity index (χ1v) is 20.6. The molecule has 1 saturated carbocycles. The number of nitrogens with zero attached hydrogens (tertiary/aromatic N) is 2. The van der Waals surface area contributed by atoms with Crippen LogP contribution in [-0.4, -0.2) is 72.4 Å². The Balaban J connectivity index is 1.17. The van der Waals surface area contributed by atoms with Gasteiger partial charge in [-0.25, -0.2) is 13.2 Å². The van der Waals surface area contributed by atoms with Gasteiger partial charge in [0.25, 0.3) is 11.8 Å². The number of anilines is 3. The van der Waals surface area contributed by atoms with Crippen molar-refractivity contribution in [3.05, 3.63) is 119 Å². The molecule has 1 aliphatic carbocycles. The van der Waals surface area contributed by atoms with Crippen molar-refractivity contribution < 1.29 is 37.8 Å². The minimum Gasteiger partial charge on any atom is -0.481 e. The second kappa shape index (κ2) is 17.9. The summed E-state index contributed by atoms with van der Waals surface area (Å²) in [5.41, 5.74) is 4.38. The Kier molecular flexibility index (Phi) is 12.9. The van der Waals surface area contributed by atoms with E-state index in [0.29, 0.717) is 31.4 Å². The summed E-state index contributed by atoms with van der Waals surface area (Å²) in [5.74, 6) is -3.29. The predicted octanol–water partition coefficient (Wildman–Crippen LogP) is 7.32. The highest BCUT2D eigenvalue weighted by Crippen LogP contribution is 2.32. The van der Waals surface area contributed by atoms with Crippen molar-refractivity contribution in [2.24, 2.45) is 5.92 Å². The van der Waals surface area contributed by atoms with Gasteiger partial charge >= 0.3 is 11.9 Å². The summed E-state index contributed by atoms with van der Waals surface area (Å²) in [6.45, 7) is 3.67. The molecule has 0 aromatic heterocycles. The van der Waals surface area contributed by atoms with Crippen LogP contribution in [0.25, 0.3) is 0 Å². The summed E-state index contributed by atoms with van der Waals surface area (Å²) in [5, 5.41) is 24.4. The Morgan fingerprint density at radius 2 is 1.38 bits per heavy atom. The van der Waals surface area contributed by atoms with Gasteiger partial charge in [0.2, 0.25) is 10.0 Å². The lowest BCUT2D eigenvalue weighted by Gasteiger charge is -2.34. The molecule has 2 aliphatic rings. The Labute approximate surface area is 327 Å². The maximum absolute atomic E-state index is 13.9. The highest BCUT2D eigenvalue weighted by atomic mass is 32.2. The van der Waals surface area contributed by atoms with Gasteiger partial charge in [0.15, 0.2) is 0 Å². The van der Waals surface area contributed by atoms with Gasteiger partial charge < -0.3 is 25.7 Å². The van der Waals surface area contributed by atoms with Gasteiger partial charge in [-0.15, -0.1) is 0 Å². The van der Waals surface area contributed by atoms with Crippen molar-refractivity contribution in [2.45, 2.75) is 75.6 Å². The van der Waals surface area contributed by atoms with Crippen molar-refractivity contribution in [3.8, 4) is 0 Å². The third kappa shape index (κ3) is 9.64. The van der Waals surface area contributed by atoms with E-state index in [1.165, 1.54) is 28.6 Å². The zero-order valence-corrected chi connectivity index (χ0v) is 32.3. The van der Waals surface area contributed by atoms with E-state index in [2.05, 4.69) is 15.5 Å². The van der Waals surface area contributed by atoms with Crippen LogP contribution >= 0.6 is 0 Å². The number of carbonyl (C=O) groups is 4. The minimum atomic E-state index is -4.00. The number of benzene rings is 4. The highest BCUT2D eigenvalue weighted by Gasteiger charge is 2.35. The van der Waals surface area contributed by atoms with E-state index in [0.717, 1.165) is 62.0 Å². The van der Waals surface area contributed by atoms with Gasteiger partial charge in [-0.3, -0.25) is 14.4 Å². The largest absolute Gasteiger partial charge is 0.481 e. The number of aliphatic carboxylic acids is 1. The second-order valence-electron chi connectivity index (χ2n) is 14.5. The Morgan fingerprint density at radius 1 is 0.732 bits per heavy atom. The number of hydrogen-bond donors (Lipinski definition) is 4. The number of carbonyl (C=O) groups excluding carboxylic acids is 2. The van der Waals surface area contributed by atoms with Gasteiger partial charge in [0.1, 0.15) is 0 Å². The molecule has 0 spiro atoms. The molecule has 13 heteroatoms. The molecule has 56 heavy (non-hydrogen) atoms. The Morgan fingerprint density at radius 3 is 1.98 bits per heavy atom. The number of aryl methyl sites for hydroxylation is 2. The molecule has 294 valence electrons. The number of rotatable bonds is 14. The van der Waals surface area contributed by atoms with Crippen molar-refractivity contribution >= 4 is 50.8 Å². The second-order valence-corrected chi connectivity index (χ2v) is 16.4. The highest BCUT2D eigenvalue weighted by molar-refractivity contribution is 7.89. The third-order valence-corrected chi connectivity index (χ3v) is 12.8. The molecule has 1 saturated heterocycles. The van der Waals surface area contributed by atoms with Gasteiger partial charge in [0, 0.05) is 42.6 Å². The maximum Gasteiger partial charge on any atom is 0.335 e. The van der Waals surface area contributed by atoms with Crippen LogP contribution in [0.1, 0.15) is 94.1 Å². The molecule has 1 aliphatic heterocycles. The lowest BCUT2D eigenvalue weighted by molar-refractivity contribution is -0.143. The number of sulfonamides is 1. The van der Waals surface area contributed by atoms with Crippen molar-refractivity contribution in [2.75, 3.05) is 35.2 Å². The summed E-state index contributed by atoms with van der Waals surface area (Å²) < 4.78 is 29.1. The zero-order chi connectivity index (χ0) is 39.8. The molecule has 0 radical (unpaired) electrons. The SMILES string of the molecule is CCN(C1CCC(C(=O)O)CC1)S(=O)(=O)c1cccc(C(=O)Nc2ccc(N3CCCCC3)cc2C(=O)Nc2ccc(CCc3ccc(C(=O)O)cc3)cc2)c1. The standard InChI is InChI=1S/C43H48N4O8S/c1-2-47(35-21-17-32(18-22-35)43(52)53)56(54,55)37-8-6-7-33(27-37)40(48)45-39-24-23-36(46-25-4-3-5-26-46)28-38(39)41(49)44-34-19-13-30(14-20-34)10-9-29-11-15-31(16-12-29)42(50)51/h6-8,11-16,19-20,23-24,27-28,32,35H,2-5,9-10,17-18,21-22,25-26H2,1H3,(H,44,49)(H,45,48)(H,50,51)(H,52,53). The number of amides is 2. The van der Waals surface area contributed by atoms with Crippen LogP contribution < -0.4 is 15.5 Å². The first-order valence-electron chi connectivity index (χ1n) is 19.2. The quantitative estimate of drug-likeness (QED) is 0.102. The number of carboxylic acid groups (broad SMARTS) is 2. The molecular formula is C43H48N4O8S. The Hall–Kier alpha value is -5.53. The van der Waals surface area contributed by atoms with Crippen molar-refractivity contribution in [1.82, 2.24) is 4.31 Å². The molecule has 0 atom stereocenters. The van der Waals surface area contributed by atoms with E-state index >= 15 is 0 Å². The molecule has 2 fully saturated rings. The van der Waals surface area contributed by atoms with Gasteiger partial charge in [-0.05, 0) is 130 Å². The summed E-state index contributed by atoms with van der Waals surface area (Å²) in [7, 11) is -4.00. The average molecular weight is 781 g/mol. The summed E-state index contributed by atoms with van der Waals surface area (Å²) in [4.78, 5) is 52.5. The molecule has 12 nitrogen and oxygen atoms in total. The van der Waals surface area contributed by atoms with Gasteiger partial charge in [-0.2, -0.15) is 4.31 Å². The number of aromatic carboxylic acids is 1. The maximum atomic E-state index is 13.9. The molecule has 4 aromatic rings. The van der Waals surface area contributed by atoms with E-state index in [1.54, 1.807) is 31.2 Å². The molecular weight excluding hydrogens is 733 g/mol. The van der Waals surface area contributed by atoms with Gasteiger partial charge in [-0.1, -0.05) is 37.3 Å². The lowest BCUT2D eigenvalue weighted by atomic mass is 9.86. The molecule has 0 bridgehead atoms. The summed E-state index contributed by atoms with van der Waals surface area (Å²) in [6, 6.07) is 25.1. The fourth-order valence-electron chi connectivity index (χ4n) is 7.60. The first-order chi connectivity index (χ1) is 26.9. The van der Waals surface area contributed by atoms with Crippen LogP contribution in [0.4, 0.5) is 17.1 Å². The van der Waals surface area contributed by atoms with Crippen LogP contribution in [-0.2, 0) is 27.7 Å². The smallest absolute Gasteiger partial charge is 0.335 e. The number of carboxylic acids is 2. The lowest BCUT2D eigenvalue weighted by Crippen LogP contribution is -2.42. The number of nitrogens with one attached hydrogen (secondary N) is 2. The van der Waals surface area contributed by atoms with E-state index < -0.39 is 39.7 Å². The first kappa shape index (κ1) is 40.1. The normalized spacial score (nSPS) is 17.3. The molecule has 0 unspecified atom stereocenters. The van der Waals surface area contributed by atoms with E-state index in [-0.39, 0.29) is 39.9 Å². The summed E-state index contributed by atoms with van der Waals surface area (Å²) >= 11 is 0. The number of piperidine rings is 1. The van der Waals surface area contributed by atoms with E-state index in [9.17, 15) is 32.7 Å². The van der Waals surface area contributed by atoms with Crippen LogP contribution in [0.5, 0.6) is 0 Å². The molecule has 1 heterocycles. The monoisotopic (exact) mass is 780 g/mol.